The fourth-order valence-corrected chi connectivity index (χ4v) is 5.90. The second-order valence-corrected chi connectivity index (χ2v) is 10.4. The van der Waals surface area contributed by atoms with Crippen LogP contribution in [0, 0.1) is 0 Å². The predicted molar refractivity (Wildman–Crippen MR) is 170 cm³/mol. The van der Waals surface area contributed by atoms with Crippen molar-refractivity contribution < 1.29 is 9.47 Å². The summed E-state index contributed by atoms with van der Waals surface area (Å²) in [5.74, 6) is 1.29. The van der Waals surface area contributed by atoms with Gasteiger partial charge in [0.2, 0.25) is 0 Å². The van der Waals surface area contributed by atoms with E-state index in [9.17, 15) is 0 Å². The van der Waals surface area contributed by atoms with E-state index in [1.807, 2.05) is 84.9 Å². The first-order valence-electron chi connectivity index (χ1n) is 13.3. The summed E-state index contributed by atoms with van der Waals surface area (Å²) in [5, 5.41) is 1.32. The Kier molecular flexibility index (Phi) is 7.60. The van der Waals surface area contributed by atoms with E-state index >= 15 is 0 Å². The summed E-state index contributed by atoms with van der Waals surface area (Å²) < 4.78 is 11.3. The van der Waals surface area contributed by atoms with E-state index in [1.54, 1.807) is 14.2 Å². The topological polar surface area (TPSA) is 24.9 Å². The minimum atomic E-state index is -0.331. The van der Waals surface area contributed by atoms with E-state index < -0.39 is 0 Å². The molecule has 1 unspecified atom stereocenters. The highest BCUT2D eigenvalue weighted by atomic mass is 35.5. The van der Waals surface area contributed by atoms with Gasteiger partial charge in [0.05, 0.1) is 25.6 Å². The van der Waals surface area contributed by atoms with Crippen molar-refractivity contribution in [2.45, 2.75) is 6.17 Å². The number of hydrogen-bond acceptors (Lipinski definition) is 4. The summed E-state index contributed by atoms with van der Waals surface area (Å²) in [5.41, 5.74) is 6.72. The van der Waals surface area contributed by atoms with E-state index in [0.717, 1.165) is 39.5 Å². The van der Waals surface area contributed by atoms with E-state index in [4.69, 9.17) is 32.7 Å². The van der Waals surface area contributed by atoms with Crippen molar-refractivity contribution in [2.24, 2.45) is 0 Å². The third kappa shape index (κ3) is 4.90. The lowest BCUT2D eigenvalue weighted by molar-refractivity contribution is 0.355. The molecule has 1 aliphatic rings. The van der Waals surface area contributed by atoms with Crippen molar-refractivity contribution >= 4 is 46.0 Å². The molecule has 1 atom stereocenters. The Balaban J connectivity index is 1.76. The van der Waals surface area contributed by atoms with Crippen LogP contribution in [-0.2, 0) is 0 Å². The maximum atomic E-state index is 6.98. The summed E-state index contributed by atoms with van der Waals surface area (Å²) in [6.07, 6.45) is -0.331. The van der Waals surface area contributed by atoms with Gasteiger partial charge in [0.1, 0.15) is 6.17 Å². The van der Waals surface area contributed by atoms with Crippen LogP contribution in [0.25, 0.3) is 11.4 Å². The van der Waals surface area contributed by atoms with Gasteiger partial charge in [-0.05, 0) is 54.6 Å². The Hall–Kier alpha value is -4.38. The highest BCUT2D eigenvalue weighted by Crippen LogP contribution is 2.54. The van der Waals surface area contributed by atoms with Gasteiger partial charge in [-0.2, -0.15) is 0 Å². The van der Waals surface area contributed by atoms with Crippen LogP contribution in [0.3, 0.4) is 0 Å². The monoisotopic (exact) mass is 578 g/mol. The third-order valence-electron chi connectivity index (χ3n) is 7.23. The second-order valence-electron chi connectivity index (χ2n) is 9.55. The van der Waals surface area contributed by atoms with Gasteiger partial charge in [0, 0.05) is 38.1 Å². The fourth-order valence-electron chi connectivity index (χ4n) is 5.44. The van der Waals surface area contributed by atoms with Gasteiger partial charge in [-0.1, -0.05) is 96.0 Å². The molecule has 6 heteroatoms. The lowest BCUT2D eigenvalue weighted by atomic mass is 10.0. The van der Waals surface area contributed by atoms with Gasteiger partial charge in [-0.25, -0.2) is 0 Å². The first-order chi connectivity index (χ1) is 20.1. The van der Waals surface area contributed by atoms with E-state index in [1.165, 1.54) is 0 Å². The molecular weight excluding hydrogens is 551 g/mol. The fraction of sp³-hybridized carbons (Fsp3) is 0.0857. The molecule has 5 aromatic rings. The number of rotatable bonds is 7. The Labute approximate surface area is 250 Å². The maximum Gasteiger partial charge on any atom is 0.161 e. The molecule has 0 amide bonds. The number of hydrogen-bond donors (Lipinski definition) is 0. The minimum absolute atomic E-state index is 0.331. The van der Waals surface area contributed by atoms with Crippen LogP contribution in [0.1, 0.15) is 22.9 Å². The highest BCUT2D eigenvalue weighted by Gasteiger charge is 2.43. The number of benzene rings is 5. The summed E-state index contributed by atoms with van der Waals surface area (Å²) >= 11 is 14.0. The largest absolute Gasteiger partial charge is 0.493 e. The predicted octanol–water partition coefficient (Wildman–Crippen LogP) is 9.56. The van der Waals surface area contributed by atoms with Gasteiger partial charge >= 0.3 is 0 Å². The molecule has 0 saturated heterocycles. The zero-order chi connectivity index (χ0) is 28.3. The van der Waals surface area contributed by atoms with Crippen molar-refractivity contribution in [3.8, 4) is 11.5 Å². The molecular formula is C35H28Cl2N2O2. The standard InChI is InChI=1S/C35H28Cl2N2O2/c1-40-31-22-21-24(23-32(31)41-2)33-34(27-17-9-11-19-29(27)36)39(26-15-7-4-8-16-26)35(28-18-10-12-20-30(28)37)38(33)25-13-5-3-6-14-25/h3-23,35H,1-2H3. The van der Waals surface area contributed by atoms with E-state index in [2.05, 4.69) is 52.3 Å². The molecule has 0 fully saturated rings. The summed E-state index contributed by atoms with van der Waals surface area (Å²) in [6.45, 7) is 0. The van der Waals surface area contributed by atoms with Gasteiger partial charge in [-0.3, -0.25) is 0 Å². The number of nitrogens with zero attached hydrogens (tertiary/aromatic N) is 2. The molecule has 0 saturated carbocycles. The average molecular weight is 580 g/mol. The van der Waals surface area contributed by atoms with Crippen molar-refractivity contribution in [3.63, 3.8) is 0 Å². The SMILES string of the molecule is COc1ccc(C2=C(c3ccccc3Cl)N(c3ccccc3)C(c3ccccc3Cl)N2c2ccccc2)cc1OC. The van der Waals surface area contributed by atoms with E-state index in [-0.39, 0.29) is 6.17 Å². The van der Waals surface area contributed by atoms with Crippen molar-refractivity contribution in [2.75, 3.05) is 24.0 Å². The minimum Gasteiger partial charge on any atom is -0.493 e. The molecule has 0 radical (unpaired) electrons. The van der Waals surface area contributed by atoms with Crippen molar-refractivity contribution in [1.29, 1.82) is 0 Å². The maximum absolute atomic E-state index is 6.98. The molecule has 0 N–H and O–H groups in total. The molecule has 5 aromatic carbocycles. The second kappa shape index (κ2) is 11.6. The van der Waals surface area contributed by atoms with Crippen LogP contribution in [0.4, 0.5) is 11.4 Å². The molecule has 1 aliphatic heterocycles. The number of anilines is 2. The van der Waals surface area contributed by atoms with Crippen LogP contribution >= 0.6 is 23.2 Å². The third-order valence-corrected chi connectivity index (χ3v) is 7.91. The number of halogens is 2. The van der Waals surface area contributed by atoms with Gasteiger partial charge in [0.25, 0.3) is 0 Å². The van der Waals surface area contributed by atoms with Gasteiger partial charge < -0.3 is 19.3 Å². The molecule has 41 heavy (non-hydrogen) atoms. The number of methoxy groups -OCH3 is 2. The molecule has 204 valence electrons. The summed E-state index contributed by atoms with van der Waals surface area (Å²) in [6, 6.07) is 42.6. The number of ether oxygens (including phenoxy) is 2. The average Bonchev–Trinajstić information content (AvgIpc) is 3.37. The molecule has 0 spiro atoms. The first-order valence-corrected chi connectivity index (χ1v) is 14.0. The Morgan fingerprint density at radius 3 is 1.66 bits per heavy atom. The van der Waals surface area contributed by atoms with Crippen molar-refractivity contribution in [3.05, 3.63) is 154 Å². The molecule has 6 rings (SSSR count). The first kappa shape index (κ1) is 26.8. The smallest absolute Gasteiger partial charge is 0.161 e. The molecule has 1 heterocycles. The Morgan fingerprint density at radius 1 is 0.537 bits per heavy atom. The Bertz CT molecular complexity index is 1710. The highest BCUT2D eigenvalue weighted by molar-refractivity contribution is 6.33. The normalized spacial score (nSPS) is 14.9. The summed E-state index contributed by atoms with van der Waals surface area (Å²) in [7, 11) is 3.29. The number of para-hydroxylation sites is 2. The molecule has 4 nitrogen and oxygen atoms in total. The van der Waals surface area contributed by atoms with Crippen molar-refractivity contribution in [1.82, 2.24) is 0 Å². The zero-order valence-electron chi connectivity index (χ0n) is 22.7. The Morgan fingerprint density at radius 2 is 1.07 bits per heavy atom. The van der Waals surface area contributed by atoms with Gasteiger partial charge in [0.15, 0.2) is 11.5 Å². The van der Waals surface area contributed by atoms with Crippen LogP contribution in [0.15, 0.2) is 127 Å². The van der Waals surface area contributed by atoms with Crippen LogP contribution in [0.5, 0.6) is 11.5 Å². The van der Waals surface area contributed by atoms with E-state index in [0.29, 0.717) is 21.5 Å². The molecule has 0 aromatic heterocycles. The quantitative estimate of drug-likeness (QED) is 0.192. The van der Waals surface area contributed by atoms with Crippen LogP contribution in [-0.4, -0.2) is 14.2 Å². The summed E-state index contributed by atoms with van der Waals surface area (Å²) in [4.78, 5) is 4.65. The van der Waals surface area contributed by atoms with Crippen LogP contribution < -0.4 is 19.3 Å². The lowest BCUT2D eigenvalue weighted by Gasteiger charge is -2.36. The zero-order valence-corrected chi connectivity index (χ0v) is 24.2. The lowest BCUT2D eigenvalue weighted by Crippen LogP contribution is -2.33. The van der Waals surface area contributed by atoms with Gasteiger partial charge in [-0.15, -0.1) is 0 Å². The molecule has 0 aliphatic carbocycles. The van der Waals surface area contributed by atoms with Crippen LogP contribution in [0.2, 0.25) is 10.0 Å². The molecule has 0 bridgehead atoms.